The van der Waals surface area contributed by atoms with Gasteiger partial charge in [-0.3, -0.25) is 9.59 Å². The number of hydrazone groups is 1. The molecule has 0 radical (unpaired) electrons. The van der Waals surface area contributed by atoms with E-state index in [4.69, 9.17) is 13.9 Å². The largest absolute Gasteiger partial charge is 0.493 e. The van der Waals surface area contributed by atoms with Crippen LogP contribution in [0, 0.1) is 13.0 Å². The highest BCUT2D eigenvalue weighted by Gasteiger charge is 2.15. The van der Waals surface area contributed by atoms with Crippen molar-refractivity contribution in [2.75, 3.05) is 19.0 Å². The van der Waals surface area contributed by atoms with Crippen LogP contribution in [0.1, 0.15) is 16.1 Å². The Morgan fingerprint density at radius 2 is 1.86 bits per heavy atom. The van der Waals surface area contributed by atoms with Gasteiger partial charge in [-0.05, 0) is 105 Å². The topological polar surface area (TPSA) is 102 Å². The molecule has 0 fully saturated rings. The number of fused-ring (bicyclic) bond motifs is 1. The molecule has 0 unspecified atom stereocenters. The third kappa shape index (κ3) is 6.98. The lowest BCUT2D eigenvalue weighted by Crippen LogP contribution is -2.20. The number of furan rings is 1. The normalized spacial score (nSPS) is 11.1. The van der Waals surface area contributed by atoms with Crippen molar-refractivity contribution in [1.82, 2.24) is 5.43 Å². The van der Waals surface area contributed by atoms with Crippen molar-refractivity contribution in [2.45, 2.75) is 0 Å². The monoisotopic (exact) mass is 791 g/mol. The molecule has 4 rings (SSSR count). The minimum absolute atomic E-state index is 0.137. The van der Waals surface area contributed by atoms with Gasteiger partial charge in [0.05, 0.1) is 20.5 Å². The van der Waals surface area contributed by atoms with E-state index < -0.39 is 17.6 Å². The molecule has 0 saturated carbocycles. The van der Waals surface area contributed by atoms with Gasteiger partial charge in [0.25, 0.3) is 5.91 Å². The van der Waals surface area contributed by atoms with Crippen LogP contribution in [0.25, 0.3) is 11.0 Å². The highest BCUT2D eigenvalue weighted by molar-refractivity contribution is 14.1. The summed E-state index contributed by atoms with van der Waals surface area (Å²) >= 11 is 7.62. The fourth-order valence-electron chi connectivity index (χ4n) is 3.23. The maximum absolute atomic E-state index is 13.0. The van der Waals surface area contributed by atoms with E-state index in [9.17, 15) is 14.0 Å². The summed E-state index contributed by atoms with van der Waals surface area (Å²) in [5.41, 5.74) is 4.16. The molecule has 1 heterocycles. The quantitative estimate of drug-likeness (QED) is 0.123. The highest BCUT2D eigenvalue weighted by Crippen LogP contribution is 2.33. The maximum atomic E-state index is 13.0. The summed E-state index contributed by atoms with van der Waals surface area (Å²) in [5.74, 6) is -0.403. The van der Waals surface area contributed by atoms with Crippen molar-refractivity contribution in [3.8, 4) is 11.5 Å². The predicted molar refractivity (Wildman–Crippen MR) is 158 cm³/mol. The summed E-state index contributed by atoms with van der Waals surface area (Å²) < 4.78 is 32.2. The van der Waals surface area contributed by atoms with Crippen LogP contribution < -0.4 is 20.2 Å². The molecule has 4 aromatic rings. The molecule has 0 aliphatic carbocycles. The fraction of sp³-hybridized carbons (Fsp3) is 0.0800. The molecule has 2 N–H and O–H groups in total. The Hall–Kier alpha value is -2.72. The average molecular weight is 792 g/mol. The Labute approximate surface area is 246 Å². The minimum atomic E-state index is -0.492. The van der Waals surface area contributed by atoms with Crippen LogP contribution in [0.2, 0.25) is 0 Å². The molecule has 37 heavy (non-hydrogen) atoms. The lowest BCUT2D eigenvalue weighted by molar-refractivity contribution is -0.118. The number of nitrogens with zero attached hydrogens (tertiary/aromatic N) is 1. The zero-order valence-corrected chi connectivity index (χ0v) is 24.9. The number of carbonyl (C=O) groups is 2. The number of halogens is 4. The molecule has 8 nitrogen and oxygen atoms in total. The number of anilines is 1. The second-order valence-electron chi connectivity index (χ2n) is 7.49. The number of benzene rings is 3. The van der Waals surface area contributed by atoms with Crippen LogP contribution in [-0.2, 0) is 4.79 Å². The number of nitrogens with one attached hydrogen (secondary N) is 2. The van der Waals surface area contributed by atoms with Crippen LogP contribution in [-0.4, -0.2) is 31.7 Å². The molecular formula is C25H17BrFI2N3O5. The van der Waals surface area contributed by atoms with Gasteiger partial charge in [0.15, 0.2) is 23.9 Å². The number of rotatable bonds is 8. The summed E-state index contributed by atoms with van der Waals surface area (Å²) in [6, 6.07) is 14.2. The Morgan fingerprint density at radius 3 is 2.59 bits per heavy atom. The van der Waals surface area contributed by atoms with Crippen molar-refractivity contribution < 1.29 is 27.9 Å². The van der Waals surface area contributed by atoms with Gasteiger partial charge in [0, 0.05) is 15.5 Å². The molecular weight excluding hydrogens is 775 g/mol. The van der Waals surface area contributed by atoms with E-state index in [0.29, 0.717) is 31.9 Å². The van der Waals surface area contributed by atoms with E-state index in [-0.39, 0.29) is 12.4 Å². The third-order valence-corrected chi connectivity index (χ3v) is 6.93. The van der Waals surface area contributed by atoms with Gasteiger partial charge in [0.2, 0.25) is 0 Å². The molecule has 0 spiro atoms. The Morgan fingerprint density at radius 1 is 1.11 bits per heavy atom. The Balaban J connectivity index is 1.39. The number of hydrogen-bond donors (Lipinski definition) is 2. The Kier molecular flexibility index (Phi) is 9.02. The van der Waals surface area contributed by atoms with Crippen molar-refractivity contribution >= 4 is 95.8 Å². The molecule has 0 aliphatic rings. The van der Waals surface area contributed by atoms with Crippen LogP contribution >= 0.6 is 61.1 Å². The third-order valence-electron chi connectivity index (χ3n) is 4.87. The smallest absolute Gasteiger partial charge is 0.307 e. The molecule has 0 atom stereocenters. The fourth-order valence-corrected chi connectivity index (χ4v) is 5.67. The summed E-state index contributed by atoms with van der Waals surface area (Å²) in [6.45, 7) is -0.278. The van der Waals surface area contributed by atoms with E-state index in [0.717, 1.165) is 13.4 Å². The molecule has 0 bridgehead atoms. The van der Waals surface area contributed by atoms with Crippen LogP contribution in [0.4, 0.5) is 10.1 Å². The SMILES string of the molecule is COc1cc(/C=N\NC(=O)c2cc3cc(Br)cc(I)c3o2)cc(I)c1OCC(=O)Nc1ccc(F)cc1. The number of ether oxygens (including phenoxy) is 2. The van der Waals surface area contributed by atoms with Crippen molar-refractivity contribution in [1.29, 1.82) is 0 Å². The molecule has 190 valence electrons. The number of amides is 2. The van der Waals surface area contributed by atoms with Crippen molar-refractivity contribution in [3.05, 3.63) is 83.4 Å². The molecule has 12 heteroatoms. The second kappa shape index (κ2) is 12.2. The van der Waals surface area contributed by atoms with Crippen LogP contribution in [0.15, 0.2) is 68.6 Å². The summed E-state index contributed by atoms with van der Waals surface area (Å²) in [5, 5.41) is 7.44. The lowest BCUT2D eigenvalue weighted by Gasteiger charge is -2.13. The standard InChI is InChI=1S/C25H17BrFI2N3O5/c1-35-20-7-13(6-18(28)24(20)36-12-22(33)31-17-4-2-16(27)3-5-17)11-30-32-25(34)21-9-14-8-15(26)10-19(29)23(14)37-21/h2-11H,12H2,1H3,(H,31,33)(H,32,34)/b30-11-. The first-order valence-electron chi connectivity index (χ1n) is 10.5. The van der Waals surface area contributed by atoms with E-state index in [2.05, 4.69) is 54.4 Å². The van der Waals surface area contributed by atoms with E-state index >= 15 is 0 Å². The van der Waals surface area contributed by atoms with Gasteiger partial charge >= 0.3 is 5.91 Å². The summed E-state index contributed by atoms with van der Waals surface area (Å²) in [4.78, 5) is 24.7. The highest BCUT2D eigenvalue weighted by atomic mass is 127. The first-order valence-corrected chi connectivity index (χ1v) is 13.5. The average Bonchev–Trinajstić information content (AvgIpc) is 3.29. The number of methoxy groups -OCH3 is 1. The van der Waals surface area contributed by atoms with E-state index in [1.165, 1.54) is 37.6 Å². The van der Waals surface area contributed by atoms with E-state index in [1.54, 1.807) is 18.2 Å². The van der Waals surface area contributed by atoms with Gasteiger partial charge in [-0.1, -0.05) is 15.9 Å². The first kappa shape index (κ1) is 27.3. The van der Waals surface area contributed by atoms with Gasteiger partial charge in [-0.25, -0.2) is 9.82 Å². The predicted octanol–water partition coefficient (Wildman–Crippen LogP) is 6.33. The second-order valence-corrected chi connectivity index (χ2v) is 10.7. The van der Waals surface area contributed by atoms with Crippen LogP contribution in [0.5, 0.6) is 11.5 Å². The van der Waals surface area contributed by atoms with Crippen molar-refractivity contribution in [2.24, 2.45) is 5.10 Å². The van der Waals surface area contributed by atoms with Gasteiger partial charge < -0.3 is 19.2 Å². The minimum Gasteiger partial charge on any atom is -0.493 e. The summed E-state index contributed by atoms with van der Waals surface area (Å²) in [6.07, 6.45) is 1.45. The maximum Gasteiger partial charge on any atom is 0.307 e. The number of hydrogen-bond acceptors (Lipinski definition) is 6. The molecule has 0 aliphatic heterocycles. The Bertz CT molecular complexity index is 1510. The summed E-state index contributed by atoms with van der Waals surface area (Å²) in [7, 11) is 1.47. The van der Waals surface area contributed by atoms with Gasteiger partial charge in [-0.2, -0.15) is 5.10 Å². The zero-order chi connectivity index (χ0) is 26.5. The molecule has 2 amide bonds. The van der Waals surface area contributed by atoms with Crippen LogP contribution in [0.3, 0.4) is 0 Å². The van der Waals surface area contributed by atoms with Crippen molar-refractivity contribution in [3.63, 3.8) is 0 Å². The first-order chi connectivity index (χ1) is 17.7. The van der Waals surface area contributed by atoms with E-state index in [1.807, 2.05) is 34.7 Å². The molecule has 3 aromatic carbocycles. The molecule has 1 aromatic heterocycles. The van der Waals surface area contributed by atoms with Gasteiger partial charge in [-0.15, -0.1) is 0 Å². The van der Waals surface area contributed by atoms with Gasteiger partial charge in [0.1, 0.15) is 11.4 Å². The number of carbonyl (C=O) groups excluding carboxylic acids is 2. The zero-order valence-electron chi connectivity index (χ0n) is 19.0. The lowest BCUT2D eigenvalue weighted by atomic mass is 10.2. The molecule has 0 saturated heterocycles.